The number of carbonyl (C=O) groups excluding carboxylic acids is 4. The molecule has 0 bridgehead atoms. The van der Waals surface area contributed by atoms with Crippen LogP contribution in [0.4, 0.5) is 8.78 Å². The first-order chi connectivity index (χ1) is 34.8. The summed E-state index contributed by atoms with van der Waals surface area (Å²) in [4.78, 5) is 57.7. The molecule has 0 saturated carbocycles. The monoisotopic (exact) mass is 972 g/mol. The lowest BCUT2D eigenvalue weighted by atomic mass is 9.99. The van der Waals surface area contributed by atoms with Gasteiger partial charge in [-0.25, -0.2) is 8.78 Å². The predicted molar refractivity (Wildman–Crippen MR) is 276 cm³/mol. The van der Waals surface area contributed by atoms with E-state index in [2.05, 4.69) is 10.6 Å². The number of likely N-dealkylation sites (N-methyl/N-ethyl adjacent to an activating group) is 2. The Labute approximate surface area is 421 Å². The first-order valence-corrected chi connectivity index (χ1v) is 24.4. The standard InChI is InChI=1S/2C30H31FN2O3/c2*1-21-10-6-8-14-26(23-16-18-24(31)19-17-23)32-29(34)27(20-22-11-4-3-5-12-22)33(2)30(35)25-13-7-9-15-28(25)36-21/h2*3-9,11-13,15-19,21,26-27H,10,14,20H2,1-2H3,(H,32,34)/b8-6+;8-6-/t2*21-,26+,27+/m00/s1. The quantitative estimate of drug-likeness (QED) is 0.161. The molecule has 0 unspecified atom stereocenters. The second-order valence-corrected chi connectivity index (χ2v) is 18.2. The van der Waals surface area contributed by atoms with Crippen molar-refractivity contribution in [3.63, 3.8) is 0 Å². The normalized spacial score (nSPS) is 22.1. The lowest BCUT2D eigenvalue weighted by molar-refractivity contribution is -0.126. The molecular weight excluding hydrogens is 911 g/mol. The molecule has 10 nitrogen and oxygen atoms in total. The average Bonchev–Trinajstić information content (AvgIpc) is 3.39. The Morgan fingerprint density at radius 1 is 0.458 bits per heavy atom. The van der Waals surface area contributed by atoms with E-state index in [1.165, 1.54) is 34.1 Å². The number of ether oxygens (including phenoxy) is 2. The fourth-order valence-corrected chi connectivity index (χ4v) is 8.69. The number of hydrogen-bond acceptors (Lipinski definition) is 6. The van der Waals surface area contributed by atoms with Crippen LogP contribution in [0, 0.1) is 11.6 Å². The highest BCUT2D eigenvalue weighted by Crippen LogP contribution is 2.28. The van der Waals surface area contributed by atoms with Gasteiger partial charge in [-0.15, -0.1) is 0 Å². The van der Waals surface area contributed by atoms with Crippen LogP contribution in [-0.2, 0) is 22.4 Å². The Hall–Kier alpha value is -7.86. The minimum Gasteiger partial charge on any atom is -0.490 e. The first kappa shape index (κ1) is 52.0. The van der Waals surface area contributed by atoms with Crippen LogP contribution in [0.15, 0.2) is 182 Å². The number of nitrogens with one attached hydrogen (secondary N) is 2. The summed E-state index contributed by atoms with van der Waals surface area (Å²) in [5.74, 6) is -0.815. The first-order valence-electron chi connectivity index (χ1n) is 24.4. The Bertz CT molecular complexity index is 2610. The Morgan fingerprint density at radius 2 is 0.792 bits per heavy atom. The minimum absolute atomic E-state index is 0.151. The summed E-state index contributed by atoms with van der Waals surface area (Å²) in [5.41, 5.74) is 4.29. The molecule has 2 N–H and O–H groups in total. The smallest absolute Gasteiger partial charge is 0.258 e. The molecule has 8 rings (SSSR count). The van der Waals surface area contributed by atoms with Crippen molar-refractivity contribution < 1.29 is 37.4 Å². The molecular formula is C60H62F2N4O6. The largest absolute Gasteiger partial charge is 0.490 e. The van der Waals surface area contributed by atoms with Gasteiger partial charge in [0.25, 0.3) is 11.8 Å². The average molecular weight is 973 g/mol. The van der Waals surface area contributed by atoms with E-state index in [-0.39, 0.29) is 59.6 Å². The van der Waals surface area contributed by atoms with Crippen LogP contribution >= 0.6 is 0 Å². The number of benzene rings is 6. The van der Waals surface area contributed by atoms with Crippen molar-refractivity contribution in [3.8, 4) is 11.5 Å². The van der Waals surface area contributed by atoms with Crippen LogP contribution in [-0.4, -0.2) is 71.8 Å². The third-order valence-electron chi connectivity index (χ3n) is 12.8. The van der Waals surface area contributed by atoms with Crippen LogP contribution in [0.25, 0.3) is 0 Å². The van der Waals surface area contributed by atoms with Gasteiger partial charge in [-0.1, -0.05) is 133 Å². The van der Waals surface area contributed by atoms with Gasteiger partial charge < -0.3 is 29.9 Å². The highest BCUT2D eigenvalue weighted by atomic mass is 19.1. The molecule has 0 radical (unpaired) electrons. The predicted octanol–water partition coefficient (Wildman–Crippen LogP) is 11.0. The van der Waals surface area contributed by atoms with E-state index in [9.17, 15) is 28.0 Å². The fourth-order valence-electron chi connectivity index (χ4n) is 8.69. The van der Waals surface area contributed by atoms with Crippen molar-refractivity contribution in [2.75, 3.05) is 14.1 Å². The van der Waals surface area contributed by atoms with Crippen molar-refractivity contribution >= 4 is 23.6 Å². The van der Waals surface area contributed by atoms with E-state index in [4.69, 9.17) is 9.47 Å². The van der Waals surface area contributed by atoms with Gasteiger partial charge in [0.15, 0.2) is 0 Å². The van der Waals surface area contributed by atoms with E-state index >= 15 is 0 Å². The Kier molecular flexibility index (Phi) is 18.3. The summed E-state index contributed by atoms with van der Waals surface area (Å²) in [6.45, 7) is 3.91. The molecule has 2 aliphatic rings. The second-order valence-electron chi connectivity index (χ2n) is 18.2. The third-order valence-corrected chi connectivity index (χ3v) is 12.8. The molecule has 6 aromatic rings. The molecule has 0 aromatic heterocycles. The fraction of sp³-hybridized carbons (Fsp3) is 0.267. The van der Waals surface area contributed by atoms with Gasteiger partial charge in [0.05, 0.1) is 35.4 Å². The van der Waals surface area contributed by atoms with Crippen LogP contribution in [0.5, 0.6) is 11.5 Å². The Balaban J connectivity index is 0.000000211. The van der Waals surface area contributed by atoms with E-state index in [0.717, 1.165) is 22.3 Å². The molecule has 0 spiro atoms. The zero-order chi connectivity index (χ0) is 51.0. The van der Waals surface area contributed by atoms with Gasteiger partial charge in [-0.2, -0.15) is 0 Å². The number of fused-ring (bicyclic) bond motifs is 2. The molecule has 372 valence electrons. The maximum Gasteiger partial charge on any atom is 0.258 e. The van der Waals surface area contributed by atoms with Crippen LogP contribution in [0.3, 0.4) is 0 Å². The third kappa shape index (κ3) is 14.1. The maximum atomic E-state index is 13.7. The van der Waals surface area contributed by atoms with E-state index in [0.29, 0.717) is 61.2 Å². The summed E-state index contributed by atoms with van der Waals surface area (Å²) in [6.07, 6.45) is 10.8. The van der Waals surface area contributed by atoms with Crippen molar-refractivity contribution in [2.24, 2.45) is 0 Å². The van der Waals surface area contributed by atoms with Crippen LogP contribution < -0.4 is 20.1 Å². The molecule has 72 heavy (non-hydrogen) atoms. The van der Waals surface area contributed by atoms with Gasteiger partial charge in [-0.3, -0.25) is 19.2 Å². The SMILES string of the molecule is C[C@H]1C/C=C/C[C@H](c2ccc(F)cc2)NC(=O)[C@@H](Cc2ccccc2)N(C)C(=O)c2ccccc2O1.C[C@H]1C/C=C\C[C@H](c2ccc(F)cc2)NC(=O)[C@@H](Cc2ccccc2)N(C)C(=O)c2ccccc2O1. The molecule has 2 heterocycles. The van der Waals surface area contributed by atoms with Gasteiger partial charge in [0.2, 0.25) is 11.8 Å². The second kappa shape index (κ2) is 25.3. The summed E-state index contributed by atoms with van der Waals surface area (Å²) in [7, 11) is 3.29. The lowest BCUT2D eigenvalue weighted by Crippen LogP contribution is -2.49. The number of halogens is 2. The van der Waals surface area contributed by atoms with Gasteiger partial charge in [0.1, 0.15) is 35.2 Å². The molecule has 2 aliphatic heterocycles. The minimum atomic E-state index is -0.764. The molecule has 4 amide bonds. The van der Waals surface area contributed by atoms with E-state index < -0.39 is 12.1 Å². The lowest BCUT2D eigenvalue weighted by Gasteiger charge is -2.30. The number of para-hydroxylation sites is 2. The van der Waals surface area contributed by atoms with Gasteiger partial charge in [-0.05, 0) is 97.5 Å². The zero-order valence-corrected chi connectivity index (χ0v) is 41.1. The molecule has 12 heteroatoms. The van der Waals surface area contributed by atoms with Gasteiger partial charge >= 0.3 is 0 Å². The van der Waals surface area contributed by atoms with Crippen molar-refractivity contribution in [1.29, 1.82) is 0 Å². The number of hydrogen-bond donors (Lipinski definition) is 2. The zero-order valence-electron chi connectivity index (χ0n) is 41.1. The van der Waals surface area contributed by atoms with Crippen LogP contribution in [0.1, 0.15) is 94.6 Å². The van der Waals surface area contributed by atoms with Crippen LogP contribution in [0.2, 0.25) is 0 Å². The molecule has 6 aromatic carbocycles. The number of nitrogens with zero attached hydrogens (tertiary/aromatic N) is 2. The van der Waals surface area contributed by atoms with E-state index in [1.807, 2.05) is 111 Å². The molecule has 0 fully saturated rings. The summed E-state index contributed by atoms with van der Waals surface area (Å²) in [6, 6.07) is 43.5. The van der Waals surface area contributed by atoms with Crippen molar-refractivity contribution in [3.05, 3.63) is 227 Å². The number of rotatable bonds is 6. The number of carbonyl (C=O) groups is 4. The number of amides is 4. The van der Waals surface area contributed by atoms with Crippen molar-refractivity contribution in [1.82, 2.24) is 20.4 Å². The Morgan fingerprint density at radius 3 is 1.17 bits per heavy atom. The highest BCUT2D eigenvalue weighted by Gasteiger charge is 2.33. The van der Waals surface area contributed by atoms with Crippen molar-refractivity contribution in [2.45, 2.75) is 88.7 Å². The maximum absolute atomic E-state index is 13.7. The van der Waals surface area contributed by atoms with Gasteiger partial charge in [0, 0.05) is 39.8 Å². The summed E-state index contributed by atoms with van der Waals surface area (Å²) >= 11 is 0. The summed E-state index contributed by atoms with van der Waals surface area (Å²) in [5, 5.41) is 6.25. The molecule has 0 saturated heterocycles. The highest BCUT2D eigenvalue weighted by molar-refractivity contribution is 6.00. The molecule has 6 atom stereocenters. The molecule has 0 aliphatic carbocycles. The summed E-state index contributed by atoms with van der Waals surface area (Å²) < 4.78 is 39.4. The topological polar surface area (TPSA) is 117 Å². The van der Waals surface area contributed by atoms with E-state index in [1.54, 1.807) is 74.8 Å².